The predicted molar refractivity (Wildman–Crippen MR) is 79.1 cm³/mol. The third-order valence-electron chi connectivity index (χ3n) is 2.50. The van der Waals surface area contributed by atoms with Gasteiger partial charge in [0.05, 0.1) is 11.8 Å². The fraction of sp³-hybridized carbons (Fsp3) is 0.375. The van der Waals surface area contributed by atoms with Gasteiger partial charge in [-0.3, -0.25) is 10.3 Å². The molecule has 0 spiro atoms. The molecule has 1 aromatic rings. The number of hydrogen-bond donors (Lipinski definition) is 1. The lowest BCUT2D eigenvalue weighted by atomic mass is 10.3. The summed E-state index contributed by atoms with van der Waals surface area (Å²) in [6, 6.07) is 7.47. The van der Waals surface area contributed by atoms with Crippen molar-refractivity contribution in [2.24, 2.45) is 0 Å². The minimum Gasteiger partial charge on any atom is -0.491 e. The average molecular weight is 275 g/mol. The molecule has 1 N–H and O–H groups in total. The fourth-order valence-corrected chi connectivity index (χ4v) is 1.28. The third kappa shape index (κ3) is 6.17. The van der Waals surface area contributed by atoms with E-state index in [-0.39, 0.29) is 12.7 Å². The first-order chi connectivity index (χ1) is 9.65. The maximum Gasteiger partial charge on any atom is 0.135 e. The third-order valence-corrected chi connectivity index (χ3v) is 2.50. The molecular weight excluding hydrogens is 254 g/mol. The zero-order chi connectivity index (χ0) is 14.8. The molecular formula is C16H21NO3. The summed E-state index contributed by atoms with van der Waals surface area (Å²) in [7, 11) is 0. The lowest BCUT2D eigenvalue weighted by molar-refractivity contribution is 0.0885. The lowest BCUT2D eigenvalue weighted by Crippen LogP contribution is -2.12. The second kappa shape index (κ2) is 8.89. The van der Waals surface area contributed by atoms with E-state index in [1.54, 1.807) is 6.26 Å². The maximum absolute atomic E-state index is 5.69. The summed E-state index contributed by atoms with van der Waals surface area (Å²) < 4.78 is 11.2. The topological polar surface area (TPSA) is 39.7 Å². The molecule has 0 aromatic heterocycles. The summed E-state index contributed by atoms with van der Waals surface area (Å²) in [6.45, 7) is 6.15. The van der Waals surface area contributed by atoms with Crippen LogP contribution in [0.3, 0.4) is 0 Å². The van der Waals surface area contributed by atoms with Gasteiger partial charge in [0.15, 0.2) is 0 Å². The zero-order valence-corrected chi connectivity index (χ0v) is 12.2. The Morgan fingerprint density at radius 2 is 2.00 bits per heavy atom. The standard InChI is InChI=1S/C16H21NO3/c1-5-11-19-17-13(3)12-18-15-7-9-16(10-8-15)20-14(4)6-2/h1,7-10,12,14,17H,6,11H2,2-4H3. The number of hydrogen-bond acceptors (Lipinski definition) is 4. The van der Waals surface area contributed by atoms with Crippen molar-refractivity contribution in [1.29, 1.82) is 0 Å². The van der Waals surface area contributed by atoms with Crippen molar-refractivity contribution in [3.63, 3.8) is 0 Å². The second-order valence-corrected chi connectivity index (χ2v) is 4.32. The van der Waals surface area contributed by atoms with Gasteiger partial charge in [0.25, 0.3) is 0 Å². The maximum atomic E-state index is 5.69. The van der Waals surface area contributed by atoms with Crippen LogP contribution in [-0.4, -0.2) is 12.7 Å². The summed E-state index contributed by atoms with van der Waals surface area (Å²) in [4.78, 5) is 4.95. The molecule has 0 bridgehead atoms. The molecule has 0 fully saturated rings. The Bertz CT molecular complexity index is 460. The van der Waals surface area contributed by atoms with Crippen molar-refractivity contribution >= 4 is 0 Å². The summed E-state index contributed by atoms with van der Waals surface area (Å²) >= 11 is 0. The Kier molecular flexibility index (Phi) is 7.08. The molecule has 0 radical (unpaired) electrons. The van der Waals surface area contributed by atoms with E-state index in [0.29, 0.717) is 0 Å². The molecule has 0 heterocycles. The molecule has 1 aromatic carbocycles. The van der Waals surface area contributed by atoms with Crippen LogP contribution in [0.1, 0.15) is 27.2 Å². The van der Waals surface area contributed by atoms with Crippen molar-refractivity contribution in [1.82, 2.24) is 5.48 Å². The van der Waals surface area contributed by atoms with E-state index in [4.69, 9.17) is 20.7 Å². The van der Waals surface area contributed by atoms with E-state index < -0.39 is 0 Å². The SMILES string of the molecule is C#CCONC(C)=COc1ccc(OC(C)CC)cc1. The number of allylic oxidation sites excluding steroid dienone is 1. The first-order valence-electron chi connectivity index (χ1n) is 6.57. The Balaban J connectivity index is 2.45. The van der Waals surface area contributed by atoms with Crippen LogP contribution >= 0.6 is 0 Å². The smallest absolute Gasteiger partial charge is 0.135 e. The van der Waals surface area contributed by atoms with Gasteiger partial charge in [-0.15, -0.1) is 6.42 Å². The molecule has 0 aliphatic heterocycles. The normalized spacial score (nSPS) is 12.4. The van der Waals surface area contributed by atoms with Gasteiger partial charge in [0, 0.05) is 0 Å². The van der Waals surface area contributed by atoms with Gasteiger partial charge >= 0.3 is 0 Å². The highest BCUT2D eigenvalue weighted by atomic mass is 16.6. The predicted octanol–water partition coefficient (Wildman–Crippen LogP) is 3.26. The molecule has 1 unspecified atom stereocenters. The Morgan fingerprint density at radius 3 is 2.60 bits per heavy atom. The number of terminal acetylenes is 1. The molecule has 0 aliphatic rings. The van der Waals surface area contributed by atoms with E-state index in [2.05, 4.69) is 18.3 Å². The summed E-state index contributed by atoms with van der Waals surface area (Å²) in [5.74, 6) is 3.91. The Hall–Kier alpha value is -2.12. The fourth-order valence-electron chi connectivity index (χ4n) is 1.28. The largest absolute Gasteiger partial charge is 0.491 e. The zero-order valence-electron chi connectivity index (χ0n) is 12.2. The minimum absolute atomic E-state index is 0.201. The highest BCUT2D eigenvalue weighted by Gasteiger charge is 2.01. The molecule has 4 heteroatoms. The number of benzene rings is 1. The van der Waals surface area contributed by atoms with Gasteiger partial charge in [-0.25, -0.2) is 0 Å². The van der Waals surface area contributed by atoms with Crippen molar-refractivity contribution in [2.75, 3.05) is 6.61 Å². The highest BCUT2D eigenvalue weighted by Crippen LogP contribution is 2.19. The first kappa shape index (κ1) is 15.9. The van der Waals surface area contributed by atoms with Crippen LogP contribution in [0.2, 0.25) is 0 Å². The molecule has 0 aliphatic carbocycles. The van der Waals surface area contributed by atoms with E-state index in [9.17, 15) is 0 Å². The summed E-state index contributed by atoms with van der Waals surface area (Å²) in [6.07, 6.45) is 7.80. The number of nitrogens with one attached hydrogen (secondary N) is 1. The van der Waals surface area contributed by atoms with Crippen LogP contribution in [0.5, 0.6) is 11.5 Å². The van der Waals surface area contributed by atoms with Crippen molar-refractivity contribution in [3.05, 3.63) is 36.2 Å². The molecule has 1 rings (SSSR count). The molecule has 4 nitrogen and oxygen atoms in total. The quantitative estimate of drug-likeness (QED) is 0.342. The number of rotatable bonds is 8. The number of ether oxygens (including phenoxy) is 2. The Morgan fingerprint density at radius 1 is 1.35 bits per heavy atom. The Labute approximate surface area is 120 Å². The van der Waals surface area contributed by atoms with Crippen LogP contribution in [0.25, 0.3) is 0 Å². The van der Waals surface area contributed by atoms with Crippen molar-refractivity contribution in [3.8, 4) is 23.8 Å². The van der Waals surface area contributed by atoms with Crippen LogP contribution in [0, 0.1) is 12.3 Å². The summed E-state index contributed by atoms with van der Waals surface area (Å²) in [5, 5.41) is 0. The van der Waals surface area contributed by atoms with E-state index >= 15 is 0 Å². The molecule has 1 atom stereocenters. The van der Waals surface area contributed by atoms with Gasteiger partial charge in [-0.2, -0.15) is 0 Å². The van der Waals surface area contributed by atoms with E-state index in [0.717, 1.165) is 23.6 Å². The van der Waals surface area contributed by atoms with Crippen molar-refractivity contribution < 1.29 is 14.3 Å². The van der Waals surface area contributed by atoms with E-state index in [1.807, 2.05) is 38.1 Å². The first-order valence-corrected chi connectivity index (χ1v) is 6.57. The average Bonchev–Trinajstić information content (AvgIpc) is 2.46. The van der Waals surface area contributed by atoms with Crippen molar-refractivity contribution in [2.45, 2.75) is 33.3 Å². The van der Waals surface area contributed by atoms with Crippen LogP contribution in [0.15, 0.2) is 36.2 Å². The van der Waals surface area contributed by atoms with Crippen LogP contribution in [0.4, 0.5) is 0 Å². The van der Waals surface area contributed by atoms with Gasteiger partial charge in [-0.05, 0) is 44.5 Å². The second-order valence-electron chi connectivity index (χ2n) is 4.32. The molecule has 0 amide bonds. The molecule has 108 valence electrons. The highest BCUT2D eigenvalue weighted by molar-refractivity contribution is 5.31. The molecule has 0 saturated carbocycles. The van der Waals surface area contributed by atoms with Gasteiger partial charge in [-0.1, -0.05) is 12.8 Å². The molecule has 20 heavy (non-hydrogen) atoms. The van der Waals surface area contributed by atoms with Gasteiger partial charge in [0.2, 0.25) is 0 Å². The van der Waals surface area contributed by atoms with E-state index in [1.165, 1.54) is 0 Å². The van der Waals surface area contributed by atoms with Crippen LogP contribution in [-0.2, 0) is 4.84 Å². The van der Waals surface area contributed by atoms with Gasteiger partial charge in [0.1, 0.15) is 24.4 Å². The molecule has 0 saturated heterocycles. The van der Waals surface area contributed by atoms with Gasteiger partial charge < -0.3 is 9.47 Å². The monoisotopic (exact) mass is 275 g/mol. The number of hydroxylamine groups is 1. The minimum atomic E-state index is 0.201. The van der Waals surface area contributed by atoms with Crippen LogP contribution < -0.4 is 15.0 Å². The lowest BCUT2D eigenvalue weighted by Gasteiger charge is -2.12. The summed E-state index contributed by atoms with van der Waals surface area (Å²) in [5.41, 5.74) is 3.39.